The molecule has 0 saturated heterocycles. The van der Waals surface area contributed by atoms with Crippen LogP contribution < -0.4 is 19.6 Å². The van der Waals surface area contributed by atoms with Gasteiger partial charge in [-0.05, 0) is 100 Å². The maximum absolute atomic E-state index is 13.2. The average molecular weight is 585 g/mol. The molecular formula is C21H18BrIN2O3S. The van der Waals surface area contributed by atoms with Gasteiger partial charge in [-0.3, -0.25) is 4.79 Å². The van der Waals surface area contributed by atoms with Gasteiger partial charge in [0.2, 0.25) is 0 Å². The van der Waals surface area contributed by atoms with E-state index in [1.165, 1.54) is 11.3 Å². The molecule has 0 bridgehead atoms. The van der Waals surface area contributed by atoms with Gasteiger partial charge in [0.1, 0.15) is 5.52 Å². The zero-order valence-electron chi connectivity index (χ0n) is 16.3. The highest BCUT2D eigenvalue weighted by atomic mass is 127. The van der Waals surface area contributed by atoms with E-state index in [0.717, 1.165) is 41.5 Å². The molecule has 0 radical (unpaired) electrons. The molecule has 29 heavy (non-hydrogen) atoms. The molecule has 5 nitrogen and oxygen atoms in total. The first-order valence-electron chi connectivity index (χ1n) is 8.98. The molecule has 0 unspecified atom stereocenters. The number of ether oxygens (including phenoxy) is 2. The molecule has 0 atom stereocenters. The Labute approximate surface area is 193 Å². The van der Waals surface area contributed by atoms with E-state index in [2.05, 4.69) is 38.5 Å². The second kappa shape index (κ2) is 7.88. The van der Waals surface area contributed by atoms with Crippen LogP contribution in [0.4, 0.5) is 0 Å². The Hall–Kier alpha value is -1.65. The summed E-state index contributed by atoms with van der Waals surface area (Å²) in [6.45, 7) is 6.58. The number of benzene rings is 2. The summed E-state index contributed by atoms with van der Waals surface area (Å²) in [6, 6.07) is 5.89. The fourth-order valence-corrected chi connectivity index (χ4v) is 5.60. The second-order valence-electron chi connectivity index (χ2n) is 6.61. The molecule has 2 aromatic carbocycles. The second-order valence-corrected chi connectivity index (χ2v) is 9.58. The molecule has 4 aromatic rings. The van der Waals surface area contributed by atoms with Crippen molar-refractivity contribution in [2.45, 2.75) is 20.8 Å². The number of nitrogens with zero attached hydrogens (tertiary/aromatic N) is 2. The van der Waals surface area contributed by atoms with Crippen molar-refractivity contribution in [3.05, 3.63) is 57.8 Å². The van der Waals surface area contributed by atoms with Gasteiger partial charge in [-0.1, -0.05) is 11.3 Å². The summed E-state index contributed by atoms with van der Waals surface area (Å²) in [5, 5.41) is 0. The molecule has 0 aliphatic carbocycles. The third kappa shape index (κ3) is 3.44. The topological polar surface area (TPSA) is 52.8 Å². The smallest absolute Gasteiger partial charge is 0.274 e. The van der Waals surface area contributed by atoms with Crippen LogP contribution in [0.15, 0.2) is 27.5 Å². The van der Waals surface area contributed by atoms with Crippen LogP contribution in [0.5, 0.6) is 11.5 Å². The maximum Gasteiger partial charge on any atom is 0.274 e. The van der Waals surface area contributed by atoms with Gasteiger partial charge in [-0.15, -0.1) is 0 Å². The Morgan fingerprint density at radius 1 is 1.31 bits per heavy atom. The van der Waals surface area contributed by atoms with E-state index < -0.39 is 0 Å². The number of aryl methyl sites for hydroxylation is 1. The van der Waals surface area contributed by atoms with Crippen LogP contribution in [0.1, 0.15) is 23.6 Å². The maximum atomic E-state index is 13.2. The molecule has 0 aliphatic heterocycles. The molecule has 2 aromatic heterocycles. The number of hydrogen-bond acceptors (Lipinski definition) is 5. The molecule has 0 aliphatic rings. The number of aromatic nitrogens is 2. The number of halogens is 2. The largest absolute Gasteiger partial charge is 0.493 e. The van der Waals surface area contributed by atoms with E-state index in [1.54, 1.807) is 11.5 Å². The van der Waals surface area contributed by atoms with E-state index in [0.29, 0.717) is 21.8 Å². The van der Waals surface area contributed by atoms with Crippen LogP contribution in [0.3, 0.4) is 0 Å². The van der Waals surface area contributed by atoms with Crippen molar-refractivity contribution in [3.63, 3.8) is 0 Å². The highest BCUT2D eigenvalue weighted by molar-refractivity contribution is 14.1. The van der Waals surface area contributed by atoms with Gasteiger partial charge in [0.05, 0.1) is 27.3 Å². The molecule has 0 fully saturated rings. The number of imidazole rings is 1. The van der Waals surface area contributed by atoms with Gasteiger partial charge in [0.15, 0.2) is 16.5 Å². The number of thiazole rings is 1. The Kier molecular flexibility index (Phi) is 5.60. The van der Waals surface area contributed by atoms with Gasteiger partial charge < -0.3 is 9.47 Å². The predicted molar refractivity (Wildman–Crippen MR) is 130 cm³/mol. The van der Waals surface area contributed by atoms with E-state index in [4.69, 9.17) is 14.5 Å². The summed E-state index contributed by atoms with van der Waals surface area (Å²) in [5.74, 6) is 1.37. The molecule has 0 N–H and O–H groups in total. The molecule has 150 valence electrons. The predicted octanol–water partition coefficient (Wildman–Crippen LogP) is 4.85. The van der Waals surface area contributed by atoms with Gasteiger partial charge in [-0.2, -0.15) is 0 Å². The van der Waals surface area contributed by atoms with E-state index in [9.17, 15) is 4.79 Å². The minimum Gasteiger partial charge on any atom is -0.493 e. The first kappa shape index (κ1) is 20.6. The summed E-state index contributed by atoms with van der Waals surface area (Å²) in [7, 11) is 1.62. The Bertz CT molecular complexity index is 1380. The average Bonchev–Trinajstić information content (AvgIpc) is 3.19. The Morgan fingerprint density at radius 2 is 2.07 bits per heavy atom. The highest BCUT2D eigenvalue weighted by Crippen LogP contribution is 2.34. The van der Waals surface area contributed by atoms with E-state index >= 15 is 0 Å². The minimum atomic E-state index is -0.0643. The van der Waals surface area contributed by atoms with Crippen LogP contribution in [0.2, 0.25) is 0 Å². The zero-order chi connectivity index (χ0) is 20.9. The van der Waals surface area contributed by atoms with Gasteiger partial charge >= 0.3 is 0 Å². The molecule has 2 heterocycles. The number of rotatable bonds is 4. The third-order valence-corrected chi connectivity index (χ3v) is 7.56. The fourth-order valence-electron chi connectivity index (χ4n) is 3.24. The first-order chi connectivity index (χ1) is 13.8. The molecule has 4 rings (SSSR count). The van der Waals surface area contributed by atoms with Crippen LogP contribution in [-0.4, -0.2) is 23.1 Å². The lowest BCUT2D eigenvalue weighted by Gasteiger charge is -2.12. The summed E-state index contributed by atoms with van der Waals surface area (Å²) >= 11 is 7.24. The van der Waals surface area contributed by atoms with Gasteiger partial charge in [0.25, 0.3) is 5.56 Å². The lowest BCUT2D eigenvalue weighted by Crippen LogP contribution is -2.22. The van der Waals surface area contributed by atoms with Crippen LogP contribution in [0, 0.1) is 17.4 Å². The zero-order valence-corrected chi connectivity index (χ0v) is 20.9. The van der Waals surface area contributed by atoms with Gasteiger partial charge in [0, 0.05) is 4.47 Å². The number of hydrogen-bond donors (Lipinski definition) is 0. The SMILES string of the molecule is CCOc1c(I)cc(/C=c2\sc3nc4c(Br)c(C)c(C)cc4n3c2=O)cc1OC. The Morgan fingerprint density at radius 3 is 2.76 bits per heavy atom. The number of methoxy groups -OCH3 is 1. The summed E-state index contributed by atoms with van der Waals surface area (Å²) in [6.07, 6.45) is 1.88. The third-order valence-electron chi connectivity index (χ3n) is 4.82. The fraction of sp³-hybridized carbons (Fsp3) is 0.238. The van der Waals surface area contributed by atoms with Crippen molar-refractivity contribution in [3.8, 4) is 11.5 Å². The summed E-state index contributed by atoms with van der Waals surface area (Å²) < 4.78 is 15.4. The normalized spacial score (nSPS) is 12.3. The lowest BCUT2D eigenvalue weighted by molar-refractivity contribution is 0.308. The van der Waals surface area contributed by atoms with Crippen molar-refractivity contribution in [2.24, 2.45) is 0 Å². The molecule has 0 spiro atoms. The van der Waals surface area contributed by atoms with Crippen molar-refractivity contribution in [2.75, 3.05) is 13.7 Å². The van der Waals surface area contributed by atoms with Crippen molar-refractivity contribution < 1.29 is 9.47 Å². The molecular weight excluding hydrogens is 567 g/mol. The van der Waals surface area contributed by atoms with E-state index in [1.807, 2.05) is 45.0 Å². The highest BCUT2D eigenvalue weighted by Gasteiger charge is 2.16. The van der Waals surface area contributed by atoms with Crippen molar-refractivity contribution in [1.29, 1.82) is 0 Å². The Balaban J connectivity index is 1.93. The summed E-state index contributed by atoms with van der Waals surface area (Å²) in [5.41, 5.74) is 4.72. The molecule has 0 amide bonds. The quantitative estimate of drug-likeness (QED) is 0.322. The standard InChI is InChI=1S/C21H18BrIN2O3S/c1-5-28-19-13(23)7-12(8-15(19)27-4)9-16-20(26)25-14-6-10(2)11(3)17(22)18(14)24-21(25)29-16/h6-9H,5H2,1-4H3/b16-9-. The molecule has 8 heteroatoms. The van der Waals surface area contributed by atoms with E-state index in [-0.39, 0.29) is 5.56 Å². The van der Waals surface area contributed by atoms with Gasteiger partial charge in [-0.25, -0.2) is 9.38 Å². The van der Waals surface area contributed by atoms with Crippen LogP contribution >= 0.6 is 49.9 Å². The first-order valence-corrected chi connectivity index (χ1v) is 11.7. The summed E-state index contributed by atoms with van der Waals surface area (Å²) in [4.78, 5) is 18.5. The van der Waals surface area contributed by atoms with Crippen molar-refractivity contribution in [1.82, 2.24) is 9.38 Å². The lowest BCUT2D eigenvalue weighted by atomic mass is 10.1. The van der Waals surface area contributed by atoms with Crippen molar-refractivity contribution >= 4 is 71.9 Å². The monoisotopic (exact) mass is 584 g/mol. The molecule has 0 saturated carbocycles. The minimum absolute atomic E-state index is 0.0643. The van der Waals surface area contributed by atoms with Crippen LogP contribution in [-0.2, 0) is 0 Å². The number of fused-ring (bicyclic) bond motifs is 3. The van der Waals surface area contributed by atoms with Crippen LogP contribution in [0.25, 0.3) is 22.1 Å².